The third kappa shape index (κ3) is 3.54. The van der Waals surface area contributed by atoms with Crippen LogP contribution in [-0.4, -0.2) is 23.9 Å². The number of carbonyl (C=O) groups is 1. The van der Waals surface area contributed by atoms with Crippen molar-refractivity contribution in [2.24, 2.45) is 11.8 Å². The second kappa shape index (κ2) is 6.49. The number of hydrogen-bond donors (Lipinski definition) is 1. The molecule has 2 N–H and O–H groups in total. The molecule has 5 heteroatoms. The summed E-state index contributed by atoms with van der Waals surface area (Å²) >= 11 is 6.08. The van der Waals surface area contributed by atoms with Crippen LogP contribution in [0.25, 0.3) is 0 Å². The lowest BCUT2D eigenvalue weighted by Gasteiger charge is -2.35. The molecule has 1 saturated heterocycles. The summed E-state index contributed by atoms with van der Waals surface area (Å²) in [5.41, 5.74) is 6.77. The molecular weight excluding hydrogens is 283 g/mol. The number of likely N-dealkylation sites (tertiary alicyclic amines) is 1. The van der Waals surface area contributed by atoms with Gasteiger partial charge in [-0.1, -0.05) is 25.4 Å². The van der Waals surface area contributed by atoms with Crippen LogP contribution in [0, 0.1) is 11.8 Å². The summed E-state index contributed by atoms with van der Waals surface area (Å²) in [6.07, 6.45) is 1.06. The van der Waals surface area contributed by atoms with Gasteiger partial charge in [-0.15, -0.1) is 12.4 Å². The van der Waals surface area contributed by atoms with Gasteiger partial charge in [0.2, 0.25) is 0 Å². The Morgan fingerprint density at radius 1 is 1.37 bits per heavy atom. The van der Waals surface area contributed by atoms with E-state index in [1.165, 1.54) is 0 Å². The molecule has 1 amide bonds. The molecule has 0 spiro atoms. The zero-order valence-electron chi connectivity index (χ0n) is 11.2. The number of amides is 1. The largest absolute Gasteiger partial charge is 0.399 e. The van der Waals surface area contributed by atoms with E-state index in [2.05, 4.69) is 13.8 Å². The molecule has 1 aliphatic rings. The van der Waals surface area contributed by atoms with Gasteiger partial charge >= 0.3 is 0 Å². The average molecular weight is 303 g/mol. The third-order valence-electron chi connectivity index (χ3n) is 3.84. The van der Waals surface area contributed by atoms with Crippen LogP contribution in [0.3, 0.4) is 0 Å². The van der Waals surface area contributed by atoms with Gasteiger partial charge in [-0.3, -0.25) is 4.79 Å². The quantitative estimate of drug-likeness (QED) is 0.808. The number of halogens is 2. The minimum absolute atomic E-state index is 0. The summed E-state index contributed by atoms with van der Waals surface area (Å²) in [5.74, 6) is 1.23. The summed E-state index contributed by atoms with van der Waals surface area (Å²) in [5, 5.41) is 0.436. The average Bonchev–Trinajstić information content (AvgIpc) is 2.32. The van der Waals surface area contributed by atoms with Crippen molar-refractivity contribution in [2.45, 2.75) is 20.3 Å². The summed E-state index contributed by atoms with van der Waals surface area (Å²) in [6.45, 7) is 6.04. The highest BCUT2D eigenvalue weighted by atomic mass is 35.5. The monoisotopic (exact) mass is 302 g/mol. The van der Waals surface area contributed by atoms with Crippen LogP contribution in [0.5, 0.6) is 0 Å². The highest BCUT2D eigenvalue weighted by Gasteiger charge is 2.27. The molecule has 0 aromatic heterocycles. The lowest BCUT2D eigenvalue weighted by atomic mass is 9.88. The second-order valence-corrected chi connectivity index (χ2v) is 5.64. The molecule has 19 heavy (non-hydrogen) atoms. The Balaban J connectivity index is 0.00000180. The molecule has 0 radical (unpaired) electrons. The van der Waals surface area contributed by atoms with Gasteiger partial charge in [0, 0.05) is 18.8 Å². The summed E-state index contributed by atoms with van der Waals surface area (Å²) < 4.78 is 0. The van der Waals surface area contributed by atoms with E-state index < -0.39 is 0 Å². The van der Waals surface area contributed by atoms with Gasteiger partial charge in [0.25, 0.3) is 5.91 Å². The first-order valence-corrected chi connectivity index (χ1v) is 6.71. The fourth-order valence-electron chi connectivity index (χ4n) is 2.32. The van der Waals surface area contributed by atoms with E-state index >= 15 is 0 Å². The number of anilines is 1. The van der Waals surface area contributed by atoms with Gasteiger partial charge in [0.05, 0.1) is 10.6 Å². The summed E-state index contributed by atoms with van der Waals surface area (Å²) in [4.78, 5) is 14.3. The van der Waals surface area contributed by atoms with Gasteiger partial charge in [-0.05, 0) is 36.5 Å². The normalized spacial score (nSPS) is 22.8. The van der Waals surface area contributed by atoms with E-state index in [-0.39, 0.29) is 18.3 Å². The van der Waals surface area contributed by atoms with Gasteiger partial charge in [0.1, 0.15) is 0 Å². The van der Waals surface area contributed by atoms with Crippen molar-refractivity contribution < 1.29 is 4.79 Å². The number of rotatable bonds is 1. The van der Waals surface area contributed by atoms with Gasteiger partial charge < -0.3 is 10.6 Å². The molecule has 0 bridgehead atoms. The third-order valence-corrected chi connectivity index (χ3v) is 4.16. The maximum Gasteiger partial charge on any atom is 0.255 e. The standard InChI is InChI=1S/C14H19ClN2O.ClH/c1-9-5-6-17(8-10(9)2)14(18)12-4-3-11(16)7-13(12)15;/h3-4,7,9-10H,5-6,8,16H2,1-2H3;1H. The predicted molar refractivity (Wildman–Crippen MR) is 82.0 cm³/mol. The molecule has 106 valence electrons. The smallest absolute Gasteiger partial charge is 0.255 e. The van der Waals surface area contributed by atoms with Crippen molar-refractivity contribution in [2.75, 3.05) is 18.8 Å². The highest BCUT2D eigenvalue weighted by molar-refractivity contribution is 6.34. The van der Waals surface area contributed by atoms with Crippen LogP contribution in [-0.2, 0) is 0 Å². The van der Waals surface area contributed by atoms with Crippen molar-refractivity contribution in [3.8, 4) is 0 Å². The molecule has 0 saturated carbocycles. The van der Waals surface area contributed by atoms with Crippen molar-refractivity contribution in [1.29, 1.82) is 0 Å². The van der Waals surface area contributed by atoms with Crippen LogP contribution >= 0.6 is 24.0 Å². The Hall–Kier alpha value is -0.930. The summed E-state index contributed by atoms with van der Waals surface area (Å²) in [7, 11) is 0. The molecule has 2 rings (SSSR count). The van der Waals surface area contributed by atoms with E-state index in [0.717, 1.165) is 19.5 Å². The Morgan fingerprint density at radius 3 is 2.63 bits per heavy atom. The van der Waals surface area contributed by atoms with Crippen LogP contribution in [0.2, 0.25) is 5.02 Å². The van der Waals surface area contributed by atoms with Crippen molar-refractivity contribution in [3.05, 3.63) is 28.8 Å². The van der Waals surface area contributed by atoms with Crippen LogP contribution in [0.1, 0.15) is 30.6 Å². The first kappa shape index (κ1) is 16.1. The van der Waals surface area contributed by atoms with E-state index in [0.29, 0.717) is 28.1 Å². The van der Waals surface area contributed by atoms with Crippen molar-refractivity contribution in [3.63, 3.8) is 0 Å². The van der Waals surface area contributed by atoms with E-state index in [1.807, 2.05) is 4.90 Å². The second-order valence-electron chi connectivity index (χ2n) is 5.23. The minimum atomic E-state index is 0. The van der Waals surface area contributed by atoms with Crippen LogP contribution in [0.4, 0.5) is 5.69 Å². The Morgan fingerprint density at radius 2 is 2.05 bits per heavy atom. The maximum absolute atomic E-state index is 12.4. The molecule has 0 aliphatic carbocycles. The number of benzene rings is 1. The minimum Gasteiger partial charge on any atom is -0.399 e. The van der Waals surface area contributed by atoms with Gasteiger partial charge in [-0.25, -0.2) is 0 Å². The Bertz CT molecular complexity index is 465. The first-order chi connectivity index (χ1) is 8.49. The Labute approximate surface area is 125 Å². The number of hydrogen-bond acceptors (Lipinski definition) is 2. The molecule has 1 aromatic rings. The fourth-order valence-corrected chi connectivity index (χ4v) is 2.59. The van der Waals surface area contributed by atoms with Gasteiger partial charge in [0.15, 0.2) is 0 Å². The molecule has 1 aromatic carbocycles. The van der Waals surface area contributed by atoms with E-state index in [1.54, 1.807) is 18.2 Å². The molecule has 1 fully saturated rings. The molecule has 1 heterocycles. The van der Waals surface area contributed by atoms with Crippen LogP contribution < -0.4 is 5.73 Å². The molecular formula is C14H20Cl2N2O. The van der Waals surface area contributed by atoms with E-state index in [4.69, 9.17) is 17.3 Å². The zero-order chi connectivity index (χ0) is 13.3. The fraction of sp³-hybridized carbons (Fsp3) is 0.500. The lowest BCUT2D eigenvalue weighted by molar-refractivity contribution is 0.0627. The SMILES string of the molecule is CC1CCN(C(=O)c2ccc(N)cc2Cl)CC1C.Cl. The first-order valence-electron chi connectivity index (χ1n) is 6.33. The molecule has 3 nitrogen and oxygen atoms in total. The number of carbonyl (C=O) groups excluding carboxylic acids is 1. The summed E-state index contributed by atoms with van der Waals surface area (Å²) in [6, 6.07) is 5.06. The number of nitrogen functional groups attached to an aromatic ring is 1. The van der Waals surface area contributed by atoms with Crippen molar-refractivity contribution >= 4 is 35.6 Å². The highest BCUT2D eigenvalue weighted by Crippen LogP contribution is 2.26. The number of nitrogens with two attached hydrogens (primary N) is 1. The number of nitrogens with zero attached hydrogens (tertiary/aromatic N) is 1. The molecule has 2 unspecified atom stereocenters. The zero-order valence-corrected chi connectivity index (χ0v) is 12.8. The van der Waals surface area contributed by atoms with E-state index in [9.17, 15) is 4.79 Å². The lowest BCUT2D eigenvalue weighted by Crippen LogP contribution is -2.42. The topological polar surface area (TPSA) is 46.3 Å². The predicted octanol–water partition coefficient (Wildman–Crippen LogP) is 3.46. The number of piperidine rings is 1. The van der Waals surface area contributed by atoms with Gasteiger partial charge in [-0.2, -0.15) is 0 Å². The molecule has 1 aliphatic heterocycles. The van der Waals surface area contributed by atoms with Crippen molar-refractivity contribution in [1.82, 2.24) is 4.90 Å². The maximum atomic E-state index is 12.4. The molecule has 2 atom stereocenters. The Kier molecular flexibility index (Phi) is 5.50. The van der Waals surface area contributed by atoms with Crippen LogP contribution in [0.15, 0.2) is 18.2 Å².